The summed E-state index contributed by atoms with van der Waals surface area (Å²) in [6, 6.07) is 17.0. The van der Waals surface area contributed by atoms with Crippen molar-refractivity contribution in [2.75, 3.05) is 38.4 Å². The van der Waals surface area contributed by atoms with Crippen LogP contribution in [0.1, 0.15) is 0 Å². The lowest BCUT2D eigenvalue weighted by Gasteiger charge is -2.11. The lowest BCUT2D eigenvalue weighted by molar-refractivity contribution is -0.116. The van der Waals surface area contributed by atoms with Crippen LogP contribution in [0, 0.1) is 0 Å². The molecule has 0 bridgehead atoms. The third-order valence-corrected chi connectivity index (χ3v) is 3.95. The van der Waals surface area contributed by atoms with Crippen LogP contribution in [-0.4, -0.2) is 48.5 Å². The Morgan fingerprint density at radius 3 is 2.46 bits per heavy atom. The van der Waals surface area contributed by atoms with Gasteiger partial charge in [0.15, 0.2) is 0 Å². The molecule has 3 rings (SSSR count). The minimum absolute atomic E-state index is 0.0528. The summed E-state index contributed by atoms with van der Waals surface area (Å²) in [5, 5.41) is 6.11. The first-order valence-electron chi connectivity index (χ1n) is 8.82. The van der Waals surface area contributed by atoms with Crippen molar-refractivity contribution in [3.8, 4) is 17.0 Å². The number of nitrogens with zero attached hydrogens (tertiary/aromatic N) is 3. The lowest BCUT2D eigenvalue weighted by atomic mass is 10.1. The third-order valence-electron chi connectivity index (χ3n) is 3.95. The van der Waals surface area contributed by atoms with Gasteiger partial charge in [0.25, 0.3) is 0 Å². The van der Waals surface area contributed by atoms with E-state index in [1.54, 1.807) is 7.11 Å². The van der Waals surface area contributed by atoms with E-state index in [-0.39, 0.29) is 5.91 Å². The molecular formula is C21H23N5O2. The van der Waals surface area contributed by atoms with Crippen molar-refractivity contribution in [3.63, 3.8) is 0 Å². The lowest BCUT2D eigenvalue weighted by Crippen LogP contribution is -2.27. The van der Waals surface area contributed by atoms with Crippen LogP contribution in [-0.2, 0) is 4.79 Å². The molecule has 7 nitrogen and oxygen atoms in total. The molecule has 0 spiro atoms. The van der Waals surface area contributed by atoms with Crippen molar-refractivity contribution in [3.05, 3.63) is 60.9 Å². The molecule has 7 heteroatoms. The van der Waals surface area contributed by atoms with Gasteiger partial charge in [-0.2, -0.15) is 0 Å². The Balaban J connectivity index is 1.71. The van der Waals surface area contributed by atoms with Gasteiger partial charge in [0.1, 0.15) is 17.9 Å². The van der Waals surface area contributed by atoms with Crippen molar-refractivity contribution in [1.82, 2.24) is 14.9 Å². The Labute approximate surface area is 164 Å². The molecule has 0 unspecified atom stereocenters. The zero-order valence-electron chi connectivity index (χ0n) is 16.1. The van der Waals surface area contributed by atoms with Gasteiger partial charge in [-0.15, -0.1) is 0 Å². The zero-order chi connectivity index (χ0) is 19.9. The Morgan fingerprint density at radius 2 is 1.75 bits per heavy atom. The number of amides is 1. The molecule has 0 aliphatic rings. The minimum atomic E-state index is -0.0528. The number of carbonyl (C=O) groups excluding carboxylic acids is 1. The molecule has 1 amide bonds. The molecule has 144 valence electrons. The minimum Gasteiger partial charge on any atom is -0.496 e. The van der Waals surface area contributed by atoms with Gasteiger partial charge in [-0.1, -0.05) is 12.1 Å². The summed E-state index contributed by atoms with van der Waals surface area (Å²) in [6.07, 6.45) is 1.51. The summed E-state index contributed by atoms with van der Waals surface area (Å²) in [5.41, 5.74) is 3.27. The van der Waals surface area contributed by atoms with Gasteiger partial charge in [0.05, 0.1) is 19.3 Å². The van der Waals surface area contributed by atoms with Crippen molar-refractivity contribution in [1.29, 1.82) is 0 Å². The average Bonchev–Trinajstić information content (AvgIpc) is 2.69. The Hall–Kier alpha value is -3.45. The van der Waals surface area contributed by atoms with Crippen LogP contribution in [0.15, 0.2) is 60.9 Å². The normalized spacial score (nSPS) is 10.6. The number of anilines is 3. The first-order chi connectivity index (χ1) is 13.5. The van der Waals surface area contributed by atoms with E-state index < -0.39 is 0 Å². The molecule has 2 aromatic carbocycles. The van der Waals surface area contributed by atoms with Crippen LogP contribution >= 0.6 is 0 Å². The van der Waals surface area contributed by atoms with Crippen LogP contribution in [0.4, 0.5) is 17.2 Å². The molecule has 0 saturated carbocycles. The van der Waals surface area contributed by atoms with E-state index in [0.29, 0.717) is 12.4 Å². The second kappa shape index (κ2) is 8.96. The molecule has 0 atom stereocenters. The average molecular weight is 377 g/mol. The maximum atomic E-state index is 11.8. The van der Waals surface area contributed by atoms with Gasteiger partial charge < -0.3 is 20.3 Å². The number of rotatable bonds is 7. The first kappa shape index (κ1) is 19.3. The van der Waals surface area contributed by atoms with Crippen LogP contribution in [0.25, 0.3) is 11.3 Å². The van der Waals surface area contributed by atoms with E-state index in [9.17, 15) is 4.79 Å². The summed E-state index contributed by atoms with van der Waals surface area (Å²) >= 11 is 0. The van der Waals surface area contributed by atoms with E-state index in [1.165, 1.54) is 6.33 Å². The maximum Gasteiger partial charge on any atom is 0.238 e. The second-order valence-corrected chi connectivity index (χ2v) is 6.48. The van der Waals surface area contributed by atoms with Gasteiger partial charge >= 0.3 is 0 Å². The number of likely N-dealkylation sites (N-methyl/N-ethyl adjacent to an activating group) is 1. The number of methoxy groups -OCH3 is 1. The first-order valence-corrected chi connectivity index (χ1v) is 8.82. The summed E-state index contributed by atoms with van der Waals surface area (Å²) in [7, 11) is 5.35. The Morgan fingerprint density at radius 1 is 1.04 bits per heavy atom. The highest BCUT2D eigenvalue weighted by atomic mass is 16.5. The third kappa shape index (κ3) is 5.05. The molecule has 0 saturated heterocycles. The number of ether oxygens (including phenoxy) is 1. The highest BCUT2D eigenvalue weighted by Gasteiger charge is 2.08. The highest BCUT2D eigenvalue weighted by molar-refractivity contribution is 5.92. The maximum absolute atomic E-state index is 11.8. The van der Waals surface area contributed by atoms with Crippen molar-refractivity contribution in [2.45, 2.75) is 0 Å². The fourth-order valence-electron chi connectivity index (χ4n) is 2.70. The SMILES string of the molecule is COc1ccccc1-c1cc(Nc2ccc(NC(=O)CN(C)C)cc2)ncn1. The van der Waals surface area contributed by atoms with Crippen LogP contribution in [0.2, 0.25) is 0 Å². The van der Waals surface area contributed by atoms with Gasteiger partial charge in [-0.3, -0.25) is 4.79 Å². The number of carbonyl (C=O) groups is 1. The summed E-state index contributed by atoms with van der Waals surface area (Å²) in [5.74, 6) is 1.37. The second-order valence-electron chi connectivity index (χ2n) is 6.48. The fraction of sp³-hybridized carbons (Fsp3) is 0.190. The number of para-hydroxylation sites is 1. The fourth-order valence-corrected chi connectivity index (χ4v) is 2.70. The topological polar surface area (TPSA) is 79.4 Å². The van der Waals surface area contributed by atoms with Gasteiger partial charge in [0.2, 0.25) is 5.91 Å². The van der Waals surface area contributed by atoms with Gasteiger partial charge in [-0.05, 0) is 50.5 Å². The van der Waals surface area contributed by atoms with Gasteiger partial charge in [0, 0.05) is 23.0 Å². The quantitative estimate of drug-likeness (QED) is 0.657. The van der Waals surface area contributed by atoms with Crippen LogP contribution in [0.3, 0.4) is 0 Å². The Kier molecular flexibility index (Phi) is 6.18. The molecule has 1 aromatic heterocycles. The van der Waals surface area contributed by atoms with E-state index >= 15 is 0 Å². The van der Waals surface area contributed by atoms with E-state index in [0.717, 1.165) is 28.4 Å². The number of nitrogens with one attached hydrogen (secondary N) is 2. The monoisotopic (exact) mass is 377 g/mol. The number of hydrogen-bond donors (Lipinski definition) is 2. The Bertz CT molecular complexity index is 942. The summed E-state index contributed by atoms with van der Waals surface area (Å²) in [4.78, 5) is 22.3. The van der Waals surface area contributed by atoms with Crippen molar-refractivity contribution >= 4 is 23.1 Å². The van der Waals surface area contributed by atoms with E-state index in [2.05, 4.69) is 20.6 Å². The molecule has 0 aliphatic carbocycles. The molecule has 0 radical (unpaired) electrons. The summed E-state index contributed by atoms with van der Waals surface area (Å²) in [6.45, 7) is 0.340. The number of aromatic nitrogens is 2. The molecule has 0 fully saturated rings. The smallest absolute Gasteiger partial charge is 0.238 e. The van der Waals surface area contributed by atoms with Crippen molar-refractivity contribution in [2.24, 2.45) is 0 Å². The summed E-state index contributed by atoms with van der Waals surface area (Å²) < 4.78 is 5.41. The molecule has 0 aliphatic heterocycles. The van der Waals surface area contributed by atoms with Crippen LogP contribution in [0.5, 0.6) is 5.75 Å². The number of hydrogen-bond acceptors (Lipinski definition) is 6. The van der Waals surface area contributed by atoms with E-state index in [1.807, 2.05) is 73.6 Å². The predicted octanol–water partition coefficient (Wildman–Crippen LogP) is 3.40. The van der Waals surface area contributed by atoms with Crippen LogP contribution < -0.4 is 15.4 Å². The van der Waals surface area contributed by atoms with E-state index in [4.69, 9.17) is 4.74 Å². The molecule has 28 heavy (non-hydrogen) atoms. The van der Waals surface area contributed by atoms with Crippen molar-refractivity contribution < 1.29 is 9.53 Å². The predicted molar refractivity (Wildman–Crippen MR) is 111 cm³/mol. The highest BCUT2D eigenvalue weighted by Crippen LogP contribution is 2.29. The molecule has 2 N–H and O–H groups in total. The largest absolute Gasteiger partial charge is 0.496 e. The standard InChI is InChI=1S/C21H23N5O2/c1-26(2)13-21(27)25-16-10-8-15(9-11-16)24-20-12-18(22-14-23-20)17-6-4-5-7-19(17)28-3/h4-12,14H,13H2,1-3H3,(H,25,27)(H,22,23,24). The molecular weight excluding hydrogens is 354 g/mol. The van der Waals surface area contributed by atoms with Gasteiger partial charge in [-0.25, -0.2) is 9.97 Å². The molecule has 3 aromatic rings. The zero-order valence-corrected chi connectivity index (χ0v) is 16.1. The molecule has 1 heterocycles. The number of benzene rings is 2.